The highest BCUT2D eigenvalue weighted by Gasteiger charge is 2.51. The first-order valence-electron chi connectivity index (χ1n) is 11.7. The van der Waals surface area contributed by atoms with E-state index in [1.54, 1.807) is 4.90 Å². The van der Waals surface area contributed by atoms with Gasteiger partial charge < -0.3 is 18.9 Å². The molecule has 0 radical (unpaired) electrons. The lowest BCUT2D eigenvalue weighted by Gasteiger charge is -2.32. The maximum atomic E-state index is 12.9. The minimum atomic E-state index is -0.527. The number of hydrogen-bond donors (Lipinski definition) is 0. The third-order valence-electron chi connectivity index (χ3n) is 6.50. The Balaban J connectivity index is 1.39. The summed E-state index contributed by atoms with van der Waals surface area (Å²) in [6.07, 6.45) is 0.591. The Bertz CT molecular complexity index is 1070. The Hall–Kier alpha value is -2.23. The molecule has 3 heterocycles. The first-order valence-corrected chi connectivity index (χ1v) is 12.5. The van der Waals surface area contributed by atoms with Crippen molar-refractivity contribution in [3.05, 3.63) is 45.4 Å². The van der Waals surface area contributed by atoms with Crippen molar-refractivity contribution in [2.24, 2.45) is 0 Å². The highest BCUT2D eigenvalue weighted by atomic mass is 32.1. The van der Waals surface area contributed by atoms with Gasteiger partial charge in [0.2, 0.25) is 0 Å². The number of aromatic nitrogens is 1. The van der Waals surface area contributed by atoms with Gasteiger partial charge in [0.05, 0.1) is 29.9 Å². The maximum absolute atomic E-state index is 12.9. The topological polar surface area (TPSA) is 78.0 Å². The molecule has 0 spiro atoms. The van der Waals surface area contributed by atoms with Gasteiger partial charge in [-0.15, -0.1) is 11.3 Å². The maximum Gasteiger partial charge on any atom is 0.494 e. The van der Waals surface area contributed by atoms with Gasteiger partial charge in [0, 0.05) is 23.4 Å². The summed E-state index contributed by atoms with van der Waals surface area (Å²) < 4.78 is 17.7. The van der Waals surface area contributed by atoms with Crippen molar-refractivity contribution in [1.29, 1.82) is 0 Å². The van der Waals surface area contributed by atoms with Crippen LogP contribution in [0, 0.1) is 0 Å². The lowest BCUT2D eigenvalue weighted by Crippen LogP contribution is -2.41. The average Bonchev–Trinajstić information content (AvgIpc) is 3.22. The fourth-order valence-corrected chi connectivity index (χ4v) is 4.98. The second-order valence-electron chi connectivity index (χ2n) is 10.9. The van der Waals surface area contributed by atoms with Crippen LogP contribution in [0.15, 0.2) is 24.3 Å². The van der Waals surface area contributed by atoms with E-state index in [2.05, 4.69) is 4.98 Å². The van der Waals surface area contributed by atoms with E-state index < -0.39 is 23.9 Å². The zero-order chi connectivity index (χ0) is 24.9. The molecule has 182 valence electrons. The molecule has 1 aromatic heterocycles. The molecular formula is C25H33BN2O5S. The van der Waals surface area contributed by atoms with E-state index in [1.807, 2.05) is 72.7 Å². The first kappa shape index (κ1) is 24.9. The molecule has 2 aromatic rings. The van der Waals surface area contributed by atoms with Crippen LogP contribution in [-0.2, 0) is 33.4 Å². The monoisotopic (exact) mass is 484 g/mol. The number of carbonyl (C=O) groups is 2. The zero-order valence-electron chi connectivity index (χ0n) is 21.1. The molecule has 1 fully saturated rings. The normalized spacial score (nSPS) is 19.1. The molecular weight excluding hydrogens is 451 g/mol. The average molecular weight is 484 g/mol. The molecule has 0 unspecified atom stereocenters. The second kappa shape index (κ2) is 8.77. The fourth-order valence-electron chi connectivity index (χ4n) is 3.85. The summed E-state index contributed by atoms with van der Waals surface area (Å²) in [5, 5.41) is 0.774. The van der Waals surface area contributed by atoms with E-state index in [0.29, 0.717) is 25.1 Å². The number of hydrogen-bond acceptors (Lipinski definition) is 7. The van der Waals surface area contributed by atoms with Crippen LogP contribution in [0.5, 0.6) is 0 Å². The van der Waals surface area contributed by atoms with Gasteiger partial charge in [-0.05, 0) is 53.9 Å². The number of thiazole rings is 1. The summed E-state index contributed by atoms with van der Waals surface area (Å²) in [5.41, 5.74) is 1.15. The zero-order valence-corrected chi connectivity index (χ0v) is 21.9. The standard InChI is InChI=1S/C25H33BN2O5S/c1-23(2,3)31-22(30)28-13-12-18-20(15-28)34-21(27-18)14-19(29)16-8-10-17(11-9-16)26-32-24(4,5)25(6,7)33-26/h8-11H,12-15H2,1-7H3. The van der Waals surface area contributed by atoms with Crippen LogP contribution in [-0.4, -0.2) is 52.2 Å². The van der Waals surface area contributed by atoms with Crippen LogP contribution in [0.25, 0.3) is 0 Å². The van der Waals surface area contributed by atoms with Gasteiger partial charge in [0.25, 0.3) is 0 Å². The van der Waals surface area contributed by atoms with Crippen molar-refractivity contribution in [1.82, 2.24) is 9.88 Å². The summed E-state index contributed by atoms with van der Waals surface area (Å²) in [4.78, 5) is 32.7. The Kier molecular flexibility index (Phi) is 6.42. The molecule has 1 aromatic carbocycles. The van der Waals surface area contributed by atoms with E-state index >= 15 is 0 Å². The second-order valence-corrected chi connectivity index (χ2v) is 12.1. The van der Waals surface area contributed by atoms with Crippen molar-refractivity contribution >= 4 is 35.8 Å². The summed E-state index contributed by atoms with van der Waals surface area (Å²) in [7, 11) is -0.451. The van der Waals surface area contributed by atoms with Gasteiger partial charge in [-0.25, -0.2) is 9.78 Å². The quantitative estimate of drug-likeness (QED) is 0.479. The fraction of sp³-hybridized carbons (Fsp3) is 0.560. The number of rotatable bonds is 4. The van der Waals surface area contributed by atoms with Gasteiger partial charge in [0.1, 0.15) is 10.6 Å². The lowest BCUT2D eigenvalue weighted by molar-refractivity contribution is 0.00578. The minimum absolute atomic E-state index is 0.00978. The highest BCUT2D eigenvalue weighted by Crippen LogP contribution is 2.36. The van der Waals surface area contributed by atoms with Crippen LogP contribution in [0.3, 0.4) is 0 Å². The largest absolute Gasteiger partial charge is 0.494 e. The van der Waals surface area contributed by atoms with E-state index in [0.717, 1.165) is 21.0 Å². The van der Waals surface area contributed by atoms with Gasteiger partial charge in [-0.3, -0.25) is 4.79 Å². The van der Waals surface area contributed by atoms with Crippen molar-refractivity contribution in [2.45, 2.75) is 84.7 Å². The molecule has 1 saturated heterocycles. The Morgan fingerprint density at radius 1 is 1.12 bits per heavy atom. The van der Waals surface area contributed by atoms with Gasteiger partial charge in [-0.1, -0.05) is 24.3 Å². The third kappa shape index (κ3) is 5.21. The molecule has 1 amide bonds. The summed E-state index contributed by atoms with van der Waals surface area (Å²) in [6.45, 7) is 14.7. The number of benzene rings is 1. The van der Waals surface area contributed by atoms with Crippen LogP contribution in [0.4, 0.5) is 4.79 Å². The molecule has 7 nitrogen and oxygen atoms in total. The van der Waals surface area contributed by atoms with Gasteiger partial charge in [0.15, 0.2) is 5.78 Å². The third-order valence-corrected chi connectivity index (χ3v) is 7.58. The number of ether oxygens (including phenoxy) is 1. The molecule has 2 aliphatic rings. The van der Waals surface area contributed by atoms with E-state index in [9.17, 15) is 9.59 Å². The van der Waals surface area contributed by atoms with Crippen molar-refractivity contribution < 1.29 is 23.6 Å². The van der Waals surface area contributed by atoms with E-state index in [-0.39, 0.29) is 18.3 Å². The molecule has 4 rings (SSSR count). The molecule has 9 heteroatoms. The molecule has 0 N–H and O–H groups in total. The van der Waals surface area contributed by atoms with Crippen LogP contribution in [0.1, 0.15) is 74.4 Å². The minimum Gasteiger partial charge on any atom is -0.444 e. The smallest absolute Gasteiger partial charge is 0.444 e. The number of Topliss-reactive ketones (excluding diaryl/α,β-unsaturated/α-hetero) is 1. The first-order chi connectivity index (χ1) is 15.7. The number of fused-ring (bicyclic) bond motifs is 1. The number of nitrogens with zero attached hydrogens (tertiary/aromatic N) is 2. The Morgan fingerprint density at radius 3 is 2.32 bits per heavy atom. The van der Waals surface area contributed by atoms with Crippen LogP contribution >= 0.6 is 11.3 Å². The number of amides is 1. The van der Waals surface area contributed by atoms with Crippen molar-refractivity contribution in [3.63, 3.8) is 0 Å². The predicted molar refractivity (Wildman–Crippen MR) is 133 cm³/mol. The molecule has 0 atom stereocenters. The molecule has 2 aliphatic heterocycles. The number of carbonyl (C=O) groups excluding carboxylic acids is 2. The van der Waals surface area contributed by atoms with Crippen LogP contribution in [0.2, 0.25) is 0 Å². The summed E-state index contributed by atoms with van der Waals surface area (Å²) in [5.74, 6) is 0.00978. The molecule has 34 heavy (non-hydrogen) atoms. The SMILES string of the molecule is CC(C)(C)OC(=O)N1CCc2nc(CC(=O)c3ccc(B4OC(C)(C)C(C)(C)O4)cc3)sc2C1. The number of ketones is 1. The Labute approximate surface area is 205 Å². The lowest BCUT2D eigenvalue weighted by atomic mass is 9.78. The Morgan fingerprint density at radius 2 is 1.74 bits per heavy atom. The van der Waals surface area contributed by atoms with E-state index in [4.69, 9.17) is 14.0 Å². The molecule has 0 saturated carbocycles. The van der Waals surface area contributed by atoms with Crippen molar-refractivity contribution in [3.8, 4) is 0 Å². The van der Waals surface area contributed by atoms with Gasteiger partial charge >= 0.3 is 13.2 Å². The summed E-state index contributed by atoms with van der Waals surface area (Å²) in [6, 6.07) is 7.42. The van der Waals surface area contributed by atoms with E-state index in [1.165, 1.54) is 11.3 Å². The highest BCUT2D eigenvalue weighted by molar-refractivity contribution is 7.11. The van der Waals surface area contributed by atoms with Gasteiger partial charge in [-0.2, -0.15) is 0 Å². The molecule has 0 bridgehead atoms. The van der Waals surface area contributed by atoms with Crippen molar-refractivity contribution in [2.75, 3.05) is 6.54 Å². The molecule has 0 aliphatic carbocycles. The predicted octanol–water partition coefficient (Wildman–Crippen LogP) is 4.16. The van der Waals surface area contributed by atoms with Crippen LogP contribution < -0.4 is 5.46 Å². The summed E-state index contributed by atoms with van der Waals surface area (Å²) >= 11 is 1.50.